The molecule has 1 N–H and O–H groups in total. The van der Waals surface area contributed by atoms with Gasteiger partial charge in [0.2, 0.25) is 0 Å². The Morgan fingerprint density at radius 2 is 2.33 bits per heavy atom. The van der Waals surface area contributed by atoms with Gasteiger partial charge in [-0.15, -0.1) is 0 Å². The number of thioether (sulfide) groups is 1. The Bertz CT molecular complexity index is 334. The van der Waals surface area contributed by atoms with E-state index >= 15 is 0 Å². The summed E-state index contributed by atoms with van der Waals surface area (Å²) in [5.74, 6) is 2.59. The second-order valence-corrected chi connectivity index (χ2v) is 6.28. The minimum absolute atomic E-state index is 0.667. The molecule has 1 nitrogen and oxygen atoms in total. The van der Waals surface area contributed by atoms with Crippen LogP contribution in [0.4, 0.5) is 5.69 Å². The van der Waals surface area contributed by atoms with E-state index in [0.29, 0.717) is 6.04 Å². The van der Waals surface area contributed by atoms with E-state index in [1.165, 1.54) is 39.2 Å². The van der Waals surface area contributed by atoms with Crippen molar-refractivity contribution in [2.45, 2.75) is 25.8 Å². The molecular weight excluding hydrogens is 317 g/mol. The highest BCUT2D eigenvalue weighted by Crippen LogP contribution is 2.25. The van der Waals surface area contributed by atoms with Gasteiger partial charge in [-0.25, -0.2) is 0 Å². The largest absolute Gasteiger partial charge is 0.381 e. The molecule has 0 bridgehead atoms. The second kappa shape index (κ2) is 5.43. The van der Waals surface area contributed by atoms with Gasteiger partial charge in [-0.2, -0.15) is 11.8 Å². The third-order valence-corrected chi connectivity index (χ3v) is 5.17. The summed E-state index contributed by atoms with van der Waals surface area (Å²) in [6.45, 7) is 2.19. The van der Waals surface area contributed by atoms with Crippen molar-refractivity contribution in [1.82, 2.24) is 0 Å². The fourth-order valence-corrected chi connectivity index (χ4v) is 3.41. The third-order valence-electron chi connectivity index (χ3n) is 2.79. The molecule has 82 valence electrons. The van der Waals surface area contributed by atoms with Crippen molar-refractivity contribution in [2.75, 3.05) is 16.8 Å². The average molecular weight is 333 g/mol. The van der Waals surface area contributed by atoms with Crippen LogP contribution in [0.15, 0.2) is 18.2 Å². The van der Waals surface area contributed by atoms with Crippen molar-refractivity contribution in [2.24, 2.45) is 0 Å². The first-order valence-electron chi connectivity index (χ1n) is 5.37. The van der Waals surface area contributed by atoms with E-state index in [9.17, 15) is 0 Å². The van der Waals surface area contributed by atoms with Gasteiger partial charge in [0.05, 0.1) is 0 Å². The zero-order chi connectivity index (χ0) is 10.7. The van der Waals surface area contributed by atoms with Crippen LogP contribution in [-0.2, 0) is 0 Å². The molecule has 1 atom stereocenters. The first kappa shape index (κ1) is 11.6. The van der Waals surface area contributed by atoms with Gasteiger partial charge in [-0.1, -0.05) is 6.07 Å². The van der Waals surface area contributed by atoms with Crippen LogP contribution >= 0.6 is 34.4 Å². The maximum Gasteiger partial charge on any atom is 0.0382 e. The van der Waals surface area contributed by atoms with E-state index in [1.807, 2.05) is 0 Å². The Labute approximate surface area is 110 Å². The monoisotopic (exact) mass is 333 g/mol. The van der Waals surface area contributed by atoms with E-state index in [4.69, 9.17) is 0 Å². The van der Waals surface area contributed by atoms with Gasteiger partial charge in [0.25, 0.3) is 0 Å². The molecule has 3 heteroatoms. The van der Waals surface area contributed by atoms with Crippen LogP contribution in [0.25, 0.3) is 0 Å². The van der Waals surface area contributed by atoms with Gasteiger partial charge in [-0.05, 0) is 65.8 Å². The highest BCUT2D eigenvalue weighted by molar-refractivity contribution is 14.1. The van der Waals surface area contributed by atoms with Crippen molar-refractivity contribution in [3.63, 3.8) is 0 Å². The molecule has 0 aromatic heterocycles. The fraction of sp³-hybridized carbons (Fsp3) is 0.500. The van der Waals surface area contributed by atoms with Crippen molar-refractivity contribution in [1.29, 1.82) is 0 Å². The van der Waals surface area contributed by atoms with Crippen molar-refractivity contribution in [3.05, 3.63) is 27.3 Å². The van der Waals surface area contributed by atoms with E-state index < -0.39 is 0 Å². The van der Waals surface area contributed by atoms with Crippen molar-refractivity contribution < 1.29 is 0 Å². The summed E-state index contributed by atoms with van der Waals surface area (Å²) in [6.07, 6.45) is 2.67. The van der Waals surface area contributed by atoms with Crippen LogP contribution in [0.3, 0.4) is 0 Å². The van der Waals surface area contributed by atoms with E-state index in [0.717, 1.165) is 0 Å². The molecule has 1 fully saturated rings. The summed E-state index contributed by atoms with van der Waals surface area (Å²) >= 11 is 4.47. The Kier molecular flexibility index (Phi) is 4.20. The molecule has 0 saturated carbocycles. The number of hydrogen-bond acceptors (Lipinski definition) is 2. The van der Waals surface area contributed by atoms with Crippen LogP contribution in [0, 0.1) is 10.5 Å². The summed E-state index contributed by atoms with van der Waals surface area (Å²) in [5.41, 5.74) is 2.70. The predicted molar refractivity (Wildman–Crippen MR) is 77.9 cm³/mol. The van der Waals surface area contributed by atoms with E-state index in [-0.39, 0.29) is 0 Å². The Morgan fingerprint density at radius 1 is 1.47 bits per heavy atom. The quantitative estimate of drug-likeness (QED) is 0.824. The minimum atomic E-state index is 0.667. The molecule has 15 heavy (non-hydrogen) atoms. The van der Waals surface area contributed by atoms with Gasteiger partial charge in [0.15, 0.2) is 0 Å². The van der Waals surface area contributed by atoms with E-state index in [1.54, 1.807) is 0 Å². The number of hydrogen-bond donors (Lipinski definition) is 1. The molecule has 1 saturated heterocycles. The summed E-state index contributed by atoms with van der Waals surface area (Å²) in [6, 6.07) is 7.15. The Hall–Kier alpha value is 0.1000. The highest BCUT2D eigenvalue weighted by Gasteiger charge is 2.14. The lowest BCUT2D eigenvalue weighted by Gasteiger charge is -2.24. The van der Waals surface area contributed by atoms with Gasteiger partial charge in [-0.3, -0.25) is 0 Å². The SMILES string of the molecule is Cc1c(I)cccc1NC1CCCSC1. The average Bonchev–Trinajstić information content (AvgIpc) is 2.26. The standard InChI is InChI=1S/C12H16INS/c1-9-11(13)5-2-6-12(9)14-10-4-3-7-15-8-10/h2,5-6,10,14H,3-4,7-8H2,1H3. The number of rotatable bonds is 2. The second-order valence-electron chi connectivity index (χ2n) is 3.97. The molecular formula is C12H16INS. The predicted octanol–water partition coefficient (Wildman–Crippen LogP) is 3.91. The lowest BCUT2D eigenvalue weighted by atomic mass is 10.1. The first-order valence-corrected chi connectivity index (χ1v) is 7.60. The summed E-state index contributed by atoms with van der Waals surface area (Å²) in [5, 5.41) is 3.66. The van der Waals surface area contributed by atoms with Crippen LogP contribution in [-0.4, -0.2) is 17.5 Å². The summed E-state index contributed by atoms with van der Waals surface area (Å²) < 4.78 is 1.35. The number of nitrogens with one attached hydrogen (secondary N) is 1. The van der Waals surface area contributed by atoms with Gasteiger partial charge < -0.3 is 5.32 Å². The van der Waals surface area contributed by atoms with Crippen LogP contribution < -0.4 is 5.32 Å². The molecule has 1 aliphatic heterocycles. The fourth-order valence-electron chi connectivity index (χ4n) is 1.84. The van der Waals surface area contributed by atoms with Gasteiger partial charge in [0, 0.05) is 21.1 Å². The molecule has 1 aliphatic rings. The smallest absolute Gasteiger partial charge is 0.0382 e. The summed E-state index contributed by atoms with van der Waals surface area (Å²) in [7, 11) is 0. The zero-order valence-corrected chi connectivity index (χ0v) is 11.9. The molecule has 1 aromatic rings. The molecule has 2 rings (SSSR count). The first-order chi connectivity index (χ1) is 7.27. The minimum Gasteiger partial charge on any atom is -0.381 e. The molecule has 1 heterocycles. The van der Waals surface area contributed by atoms with Crippen LogP contribution in [0.2, 0.25) is 0 Å². The molecule has 0 radical (unpaired) electrons. The highest BCUT2D eigenvalue weighted by atomic mass is 127. The lowest BCUT2D eigenvalue weighted by Crippen LogP contribution is -2.26. The van der Waals surface area contributed by atoms with Crippen molar-refractivity contribution in [3.8, 4) is 0 Å². The number of anilines is 1. The van der Waals surface area contributed by atoms with Gasteiger partial charge in [0.1, 0.15) is 0 Å². The van der Waals surface area contributed by atoms with E-state index in [2.05, 4.69) is 64.8 Å². The van der Waals surface area contributed by atoms with Crippen molar-refractivity contribution >= 4 is 40.0 Å². The Morgan fingerprint density at radius 3 is 3.07 bits per heavy atom. The molecule has 0 spiro atoms. The zero-order valence-electron chi connectivity index (χ0n) is 8.92. The normalized spacial score (nSPS) is 21.3. The van der Waals surface area contributed by atoms with Crippen LogP contribution in [0.5, 0.6) is 0 Å². The molecule has 1 aromatic carbocycles. The lowest BCUT2D eigenvalue weighted by molar-refractivity contribution is 0.684. The maximum atomic E-state index is 3.66. The topological polar surface area (TPSA) is 12.0 Å². The summed E-state index contributed by atoms with van der Waals surface area (Å²) in [4.78, 5) is 0. The molecule has 0 amide bonds. The third kappa shape index (κ3) is 3.03. The number of halogens is 1. The maximum absolute atomic E-state index is 3.66. The van der Waals surface area contributed by atoms with Gasteiger partial charge >= 0.3 is 0 Å². The number of benzene rings is 1. The van der Waals surface area contributed by atoms with Crippen LogP contribution in [0.1, 0.15) is 18.4 Å². The molecule has 1 unspecified atom stereocenters. The molecule has 0 aliphatic carbocycles. The Balaban J connectivity index is 2.06.